The van der Waals surface area contributed by atoms with E-state index in [9.17, 15) is 4.79 Å². The van der Waals surface area contributed by atoms with Gasteiger partial charge in [-0.3, -0.25) is 4.79 Å². The van der Waals surface area contributed by atoms with Gasteiger partial charge in [0.1, 0.15) is 5.75 Å². The van der Waals surface area contributed by atoms with Crippen molar-refractivity contribution in [2.75, 3.05) is 14.2 Å². The number of hydrogen-bond donors (Lipinski definition) is 2. The molecule has 2 rings (SSSR count). The topological polar surface area (TPSA) is 63.5 Å². The number of rotatable bonds is 5. The van der Waals surface area contributed by atoms with E-state index in [0.717, 1.165) is 26.6 Å². The van der Waals surface area contributed by atoms with Gasteiger partial charge in [-0.05, 0) is 40.7 Å². The Labute approximate surface area is 125 Å². The summed E-state index contributed by atoms with van der Waals surface area (Å²) < 4.78 is 8.18. The lowest BCUT2D eigenvalue weighted by Gasteiger charge is -2.05. The van der Waals surface area contributed by atoms with Crippen molar-refractivity contribution >= 4 is 32.8 Å². The Hall–Kier alpha value is -1.53. The first kappa shape index (κ1) is 14.9. The fourth-order valence-electron chi connectivity index (χ4n) is 2.46. The second-order valence-electron chi connectivity index (χ2n) is 4.59. The second kappa shape index (κ2) is 5.85. The number of carboxylic acid groups (broad SMARTS) is 1. The van der Waals surface area contributed by atoms with Gasteiger partial charge in [-0.2, -0.15) is 0 Å². The first-order chi connectivity index (χ1) is 9.49. The summed E-state index contributed by atoms with van der Waals surface area (Å²) in [5.41, 5.74) is 2.79. The zero-order valence-electron chi connectivity index (χ0n) is 11.7. The summed E-state index contributed by atoms with van der Waals surface area (Å²) in [5.74, 6) is -0.137. The Morgan fingerprint density at radius 1 is 1.50 bits per heavy atom. The molecule has 6 heteroatoms. The third kappa shape index (κ3) is 2.53. The highest BCUT2D eigenvalue weighted by Gasteiger charge is 2.18. The summed E-state index contributed by atoms with van der Waals surface area (Å²) in [7, 11) is 5.39. The molecule has 0 bridgehead atoms. The van der Waals surface area contributed by atoms with E-state index in [2.05, 4.69) is 21.2 Å². The molecule has 20 heavy (non-hydrogen) atoms. The van der Waals surface area contributed by atoms with Crippen LogP contribution in [0.4, 0.5) is 0 Å². The zero-order valence-corrected chi connectivity index (χ0v) is 13.2. The maximum Gasteiger partial charge on any atom is 0.307 e. The molecule has 0 atom stereocenters. The van der Waals surface area contributed by atoms with Crippen LogP contribution >= 0.6 is 15.9 Å². The third-order valence-electron chi connectivity index (χ3n) is 3.38. The molecule has 0 amide bonds. The van der Waals surface area contributed by atoms with Crippen LogP contribution in [0.25, 0.3) is 10.9 Å². The van der Waals surface area contributed by atoms with Crippen molar-refractivity contribution < 1.29 is 14.6 Å². The monoisotopic (exact) mass is 340 g/mol. The van der Waals surface area contributed by atoms with Gasteiger partial charge >= 0.3 is 5.97 Å². The van der Waals surface area contributed by atoms with E-state index in [1.54, 1.807) is 7.11 Å². The molecular weight excluding hydrogens is 324 g/mol. The molecule has 0 radical (unpaired) electrons. The van der Waals surface area contributed by atoms with E-state index in [-0.39, 0.29) is 6.42 Å². The molecule has 1 heterocycles. The van der Waals surface area contributed by atoms with Gasteiger partial charge in [0, 0.05) is 30.2 Å². The van der Waals surface area contributed by atoms with Gasteiger partial charge < -0.3 is 19.7 Å². The molecule has 0 unspecified atom stereocenters. The van der Waals surface area contributed by atoms with Crippen LogP contribution in [0.3, 0.4) is 0 Å². The van der Waals surface area contributed by atoms with E-state index >= 15 is 0 Å². The number of nitrogens with one attached hydrogen (secondary N) is 1. The molecular formula is C14H17BrN2O3. The summed E-state index contributed by atoms with van der Waals surface area (Å²) in [4.78, 5) is 11.1. The molecule has 0 saturated carbocycles. The summed E-state index contributed by atoms with van der Waals surface area (Å²) in [6.45, 7) is 0.619. The SMILES string of the molecule is CNCc1c(CC(=O)O)c2cc(OC)c(Br)cc2n1C. The van der Waals surface area contributed by atoms with Crippen LogP contribution in [0, 0.1) is 0 Å². The number of methoxy groups -OCH3 is 1. The van der Waals surface area contributed by atoms with Crippen molar-refractivity contribution in [1.29, 1.82) is 0 Å². The van der Waals surface area contributed by atoms with E-state index in [1.807, 2.05) is 30.8 Å². The maximum atomic E-state index is 11.1. The standard InChI is InChI=1S/C14H17BrN2O3/c1-16-7-12-9(5-14(18)19)8-4-13(20-3)10(15)6-11(8)17(12)2/h4,6,16H,5,7H2,1-3H3,(H,18,19). The minimum Gasteiger partial charge on any atom is -0.496 e. The van der Waals surface area contributed by atoms with E-state index in [0.29, 0.717) is 12.3 Å². The first-order valence-corrected chi connectivity index (χ1v) is 6.99. The lowest BCUT2D eigenvalue weighted by molar-refractivity contribution is -0.136. The molecule has 1 aromatic heterocycles. The van der Waals surface area contributed by atoms with Gasteiger partial charge in [0.05, 0.1) is 18.0 Å². The van der Waals surface area contributed by atoms with Crippen molar-refractivity contribution in [3.05, 3.63) is 27.9 Å². The highest BCUT2D eigenvalue weighted by molar-refractivity contribution is 9.10. The van der Waals surface area contributed by atoms with Crippen LogP contribution in [0.5, 0.6) is 5.75 Å². The number of nitrogens with zero attached hydrogens (tertiary/aromatic N) is 1. The number of fused-ring (bicyclic) bond motifs is 1. The Morgan fingerprint density at radius 2 is 2.20 bits per heavy atom. The van der Waals surface area contributed by atoms with Crippen molar-refractivity contribution in [3.8, 4) is 5.75 Å². The van der Waals surface area contributed by atoms with Gasteiger partial charge in [-0.15, -0.1) is 0 Å². The Morgan fingerprint density at radius 3 is 2.75 bits per heavy atom. The van der Waals surface area contributed by atoms with Crippen LogP contribution < -0.4 is 10.1 Å². The lowest BCUT2D eigenvalue weighted by atomic mass is 10.1. The van der Waals surface area contributed by atoms with Crippen LogP contribution in [0.2, 0.25) is 0 Å². The van der Waals surface area contributed by atoms with Crippen molar-refractivity contribution in [2.24, 2.45) is 7.05 Å². The molecule has 0 spiro atoms. The second-order valence-corrected chi connectivity index (χ2v) is 5.44. The summed E-state index contributed by atoms with van der Waals surface area (Å²) in [6.07, 6.45) is -0.000853. The molecule has 0 aliphatic heterocycles. The van der Waals surface area contributed by atoms with Gasteiger partial charge in [0.15, 0.2) is 0 Å². The average molecular weight is 341 g/mol. The van der Waals surface area contributed by atoms with Gasteiger partial charge in [0.25, 0.3) is 0 Å². The number of aliphatic carboxylic acids is 1. The van der Waals surface area contributed by atoms with E-state index in [4.69, 9.17) is 9.84 Å². The Balaban J connectivity index is 2.75. The Bertz CT molecular complexity index is 664. The normalized spacial score (nSPS) is 11.0. The summed E-state index contributed by atoms with van der Waals surface area (Å²) >= 11 is 3.47. The number of hydrogen-bond acceptors (Lipinski definition) is 3. The molecule has 0 saturated heterocycles. The number of benzene rings is 1. The number of halogens is 1. The lowest BCUT2D eigenvalue weighted by Crippen LogP contribution is -2.12. The largest absolute Gasteiger partial charge is 0.496 e. The number of carboxylic acids is 1. The highest BCUT2D eigenvalue weighted by Crippen LogP contribution is 2.34. The van der Waals surface area contributed by atoms with Crippen molar-refractivity contribution in [2.45, 2.75) is 13.0 Å². The predicted octanol–water partition coefficient (Wildman–Crippen LogP) is 2.30. The van der Waals surface area contributed by atoms with Crippen molar-refractivity contribution in [3.63, 3.8) is 0 Å². The molecule has 2 aromatic rings. The first-order valence-electron chi connectivity index (χ1n) is 6.19. The number of ether oxygens (including phenoxy) is 1. The van der Waals surface area contributed by atoms with Crippen molar-refractivity contribution in [1.82, 2.24) is 9.88 Å². The van der Waals surface area contributed by atoms with Gasteiger partial charge in [-0.1, -0.05) is 0 Å². The molecule has 5 nitrogen and oxygen atoms in total. The summed E-state index contributed by atoms with van der Waals surface area (Å²) in [6, 6.07) is 3.84. The third-order valence-corrected chi connectivity index (χ3v) is 4.00. The zero-order chi connectivity index (χ0) is 14.9. The minimum absolute atomic E-state index is 0.000853. The maximum absolute atomic E-state index is 11.1. The Kier molecular flexibility index (Phi) is 4.35. The minimum atomic E-state index is -0.836. The molecule has 0 fully saturated rings. The van der Waals surface area contributed by atoms with E-state index in [1.165, 1.54) is 0 Å². The smallest absolute Gasteiger partial charge is 0.307 e. The fourth-order valence-corrected chi connectivity index (χ4v) is 2.96. The fraction of sp³-hybridized carbons (Fsp3) is 0.357. The predicted molar refractivity (Wildman–Crippen MR) is 81.3 cm³/mol. The number of carbonyl (C=O) groups is 1. The van der Waals surface area contributed by atoms with Crippen LogP contribution in [-0.4, -0.2) is 29.8 Å². The van der Waals surface area contributed by atoms with Crippen LogP contribution in [0.1, 0.15) is 11.3 Å². The van der Waals surface area contributed by atoms with E-state index < -0.39 is 5.97 Å². The molecule has 1 aromatic carbocycles. The average Bonchev–Trinajstić information content (AvgIpc) is 2.63. The number of aromatic nitrogens is 1. The summed E-state index contributed by atoms with van der Waals surface area (Å²) in [5, 5.41) is 13.1. The number of aryl methyl sites for hydroxylation is 1. The molecule has 0 aliphatic rings. The molecule has 0 aliphatic carbocycles. The quantitative estimate of drug-likeness (QED) is 0.876. The van der Waals surface area contributed by atoms with Gasteiger partial charge in [0.2, 0.25) is 0 Å². The van der Waals surface area contributed by atoms with Gasteiger partial charge in [-0.25, -0.2) is 0 Å². The molecule has 108 valence electrons. The van der Waals surface area contributed by atoms with Crippen LogP contribution in [0.15, 0.2) is 16.6 Å². The van der Waals surface area contributed by atoms with Crippen LogP contribution in [-0.2, 0) is 24.8 Å². The highest BCUT2D eigenvalue weighted by atomic mass is 79.9. The molecule has 2 N–H and O–H groups in total.